The average molecular weight is 296 g/mol. The molecule has 0 radical (unpaired) electrons. The largest absolute Gasteiger partial charge is 0.481 e. The van der Waals surface area contributed by atoms with Crippen LogP contribution in [-0.2, 0) is 16.1 Å². The average Bonchev–Trinajstić information content (AvgIpc) is 2.83. The number of hydrogen-bond donors (Lipinski definition) is 1. The lowest BCUT2D eigenvalue weighted by molar-refractivity contribution is -0.139. The van der Waals surface area contributed by atoms with Gasteiger partial charge < -0.3 is 24.1 Å². The molecule has 2 amide bonds. The number of ether oxygens (including phenoxy) is 1. The van der Waals surface area contributed by atoms with Crippen molar-refractivity contribution in [2.45, 2.75) is 25.9 Å². The number of carboxylic acid groups (broad SMARTS) is 1. The maximum atomic E-state index is 12.5. The third kappa shape index (κ3) is 3.98. The number of amides is 2. The van der Waals surface area contributed by atoms with E-state index in [9.17, 15) is 9.59 Å². The van der Waals surface area contributed by atoms with E-state index in [-0.39, 0.29) is 19.1 Å². The third-order valence-electron chi connectivity index (χ3n) is 3.40. The standard InChI is InChI=1S/C14H20N2O5/c1-10-3-4-12(21-10)8-15(2)14(19)16-5-6-20-9-11(16)7-13(17)18/h3-4,11H,5-9H2,1-2H3,(H,17,18). The molecule has 1 fully saturated rings. The molecule has 0 spiro atoms. The monoisotopic (exact) mass is 296 g/mol. The second-order valence-corrected chi connectivity index (χ2v) is 5.17. The smallest absolute Gasteiger partial charge is 0.320 e. The van der Waals surface area contributed by atoms with E-state index in [0.717, 1.165) is 5.76 Å². The molecule has 2 rings (SSSR count). The Morgan fingerprint density at radius 1 is 1.48 bits per heavy atom. The van der Waals surface area contributed by atoms with Gasteiger partial charge in [-0.25, -0.2) is 4.79 Å². The van der Waals surface area contributed by atoms with Gasteiger partial charge in [0.15, 0.2) is 0 Å². The van der Waals surface area contributed by atoms with Crippen LogP contribution in [-0.4, -0.2) is 59.8 Å². The second-order valence-electron chi connectivity index (χ2n) is 5.17. The van der Waals surface area contributed by atoms with Gasteiger partial charge in [-0.1, -0.05) is 0 Å². The van der Waals surface area contributed by atoms with Crippen LogP contribution in [0.5, 0.6) is 0 Å². The maximum Gasteiger partial charge on any atom is 0.320 e. The fourth-order valence-corrected chi connectivity index (χ4v) is 2.37. The van der Waals surface area contributed by atoms with E-state index < -0.39 is 12.0 Å². The summed E-state index contributed by atoms with van der Waals surface area (Å²) in [6.07, 6.45) is -0.112. The zero-order chi connectivity index (χ0) is 15.4. The summed E-state index contributed by atoms with van der Waals surface area (Å²) < 4.78 is 10.7. The number of nitrogens with zero attached hydrogens (tertiary/aromatic N) is 2. The maximum absolute atomic E-state index is 12.5. The first-order valence-corrected chi connectivity index (χ1v) is 6.84. The highest BCUT2D eigenvalue weighted by Gasteiger charge is 2.31. The van der Waals surface area contributed by atoms with Crippen molar-refractivity contribution in [3.05, 3.63) is 23.7 Å². The van der Waals surface area contributed by atoms with Crippen LogP contribution in [0.3, 0.4) is 0 Å². The molecule has 0 saturated carbocycles. The van der Waals surface area contributed by atoms with Gasteiger partial charge in [0.1, 0.15) is 11.5 Å². The van der Waals surface area contributed by atoms with Crippen molar-refractivity contribution in [3.8, 4) is 0 Å². The Hall–Kier alpha value is -2.02. The molecule has 1 aliphatic rings. The second kappa shape index (κ2) is 6.62. The summed E-state index contributed by atoms with van der Waals surface area (Å²) in [5.41, 5.74) is 0. The molecule has 1 atom stereocenters. The van der Waals surface area contributed by atoms with Crippen LogP contribution in [0, 0.1) is 6.92 Å². The molecular formula is C14H20N2O5. The topological polar surface area (TPSA) is 83.2 Å². The van der Waals surface area contributed by atoms with Crippen LogP contribution in [0.2, 0.25) is 0 Å². The number of rotatable bonds is 4. The Morgan fingerprint density at radius 3 is 2.86 bits per heavy atom. The molecule has 1 unspecified atom stereocenters. The fourth-order valence-electron chi connectivity index (χ4n) is 2.37. The van der Waals surface area contributed by atoms with E-state index >= 15 is 0 Å². The number of aliphatic carboxylic acids is 1. The Balaban J connectivity index is 2.00. The minimum Gasteiger partial charge on any atom is -0.481 e. The van der Waals surface area contributed by atoms with Crippen LogP contribution in [0.15, 0.2) is 16.5 Å². The van der Waals surface area contributed by atoms with E-state index in [0.29, 0.717) is 25.5 Å². The molecule has 0 aromatic carbocycles. The molecule has 2 heterocycles. The van der Waals surface area contributed by atoms with Gasteiger partial charge >= 0.3 is 12.0 Å². The molecule has 7 heteroatoms. The van der Waals surface area contributed by atoms with Crippen LogP contribution < -0.4 is 0 Å². The highest BCUT2D eigenvalue weighted by molar-refractivity contribution is 5.76. The summed E-state index contributed by atoms with van der Waals surface area (Å²) in [4.78, 5) is 26.4. The summed E-state index contributed by atoms with van der Waals surface area (Å²) in [6.45, 7) is 3.28. The summed E-state index contributed by atoms with van der Waals surface area (Å²) in [5, 5.41) is 8.92. The van der Waals surface area contributed by atoms with E-state index in [4.69, 9.17) is 14.3 Å². The van der Waals surface area contributed by atoms with Crippen LogP contribution in [0.1, 0.15) is 17.9 Å². The zero-order valence-corrected chi connectivity index (χ0v) is 12.2. The molecule has 1 aromatic rings. The lowest BCUT2D eigenvalue weighted by atomic mass is 10.1. The van der Waals surface area contributed by atoms with E-state index in [1.807, 2.05) is 19.1 Å². The van der Waals surface area contributed by atoms with Gasteiger partial charge in [0.25, 0.3) is 0 Å². The van der Waals surface area contributed by atoms with Gasteiger partial charge in [-0.05, 0) is 19.1 Å². The van der Waals surface area contributed by atoms with Gasteiger partial charge in [-0.2, -0.15) is 0 Å². The minimum atomic E-state index is -0.937. The van der Waals surface area contributed by atoms with Gasteiger partial charge in [-0.3, -0.25) is 4.79 Å². The predicted molar refractivity (Wildman–Crippen MR) is 73.9 cm³/mol. The van der Waals surface area contributed by atoms with E-state index in [1.54, 1.807) is 11.9 Å². The summed E-state index contributed by atoms with van der Waals surface area (Å²) in [7, 11) is 1.67. The summed E-state index contributed by atoms with van der Waals surface area (Å²) in [6, 6.07) is 3.03. The normalized spacial score (nSPS) is 18.6. The Kier molecular flexibility index (Phi) is 4.85. The summed E-state index contributed by atoms with van der Waals surface area (Å²) >= 11 is 0. The van der Waals surface area contributed by atoms with Crippen LogP contribution in [0.25, 0.3) is 0 Å². The molecule has 0 aliphatic carbocycles. The first-order chi connectivity index (χ1) is 9.97. The molecule has 116 valence electrons. The van der Waals surface area contributed by atoms with Gasteiger partial charge in [0, 0.05) is 13.6 Å². The molecular weight excluding hydrogens is 276 g/mol. The fraction of sp³-hybridized carbons (Fsp3) is 0.571. The minimum absolute atomic E-state index is 0.112. The van der Waals surface area contributed by atoms with Crippen molar-refractivity contribution in [1.29, 1.82) is 0 Å². The van der Waals surface area contributed by atoms with Crippen molar-refractivity contribution in [1.82, 2.24) is 9.80 Å². The van der Waals surface area contributed by atoms with Crippen LogP contribution >= 0.6 is 0 Å². The van der Waals surface area contributed by atoms with E-state index in [2.05, 4.69) is 0 Å². The van der Waals surface area contributed by atoms with Crippen molar-refractivity contribution < 1.29 is 23.8 Å². The number of hydrogen-bond acceptors (Lipinski definition) is 4. The van der Waals surface area contributed by atoms with Crippen molar-refractivity contribution >= 4 is 12.0 Å². The third-order valence-corrected chi connectivity index (χ3v) is 3.40. The molecule has 1 saturated heterocycles. The number of carbonyl (C=O) groups excluding carboxylic acids is 1. The number of aryl methyl sites for hydroxylation is 1. The molecule has 1 aromatic heterocycles. The van der Waals surface area contributed by atoms with Crippen molar-refractivity contribution in [2.24, 2.45) is 0 Å². The Bertz CT molecular complexity index is 513. The quantitative estimate of drug-likeness (QED) is 0.906. The lowest BCUT2D eigenvalue weighted by Gasteiger charge is -2.37. The number of morpholine rings is 1. The number of urea groups is 1. The van der Waals surface area contributed by atoms with Crippen molar-refractivity contribution in [3.63, 3.8) is 0 Å². The number of furan rings is 1. The zero-order valence-electron chi connectivity index (χ0n) is 12.2. The van der Waals surface area contributed by atoms with Gasteiger partial charge in [-0.15, -0.1) is 0 Å². The Labute approximate surface area is 123 Å². The highest BCUT2D eigenvalue weighted by atomic mass is 16.5. The van der Waals surface area contributed by atoms with Crippen molar-refractivity contribution in [2.75, 3.05) is 26.8 Å². The van der Waals surface area contributed by atoms with E-state index in [1.165, 1.54) is 4.90 Å². The predicted octanol–water partition coefficient (Wildman–Crippen LogP) is 1.32. The van der Waals surface area contributed by atoms with Gasteiger partial charge in [0.05, 0.1) is 32.2 Å². The van der Waals surface area contributed by atoms with Crippen LogP contribution in [0.4, 0.5) is 4.79 Å². The highest BCUT2D eigenvalue weighted by Crippen LogP contribution is 2.15. The molecule has 1 aliphatic heterocycles. The first kappa shape index (κ1) is 15.4. The van der Waals surface area contributed by atoms with Gasteiger partial charge in [0.2, 0.25) is 0 Å². The SMILES string of the molecule is Cc1ccc(CN(C)C(=O)N2CCOCC2CC(=O)O)o1. The first-order valence-electron chi connectivity index (χ1n) is 6.84. The number of carbonyl (C=O) groups is 2. The lowest BCUT2D eigenvalue weighted by Crippen LogP contribution is -2.53. The molecule has 21 heavy (non-hydrogen) atoms. The molecule has 7 nitrogen and oxygen atoms in total. The Morgan fingerprint density at radius 2 is 2.24 bits per heavy atom. The number of carboxylic acids is 1. The molecule has 1 N–H and O–H groups in total. The summed E-state index contributed by atoms with van der Waals surface area (Å²) in [5.74, 6) is 0.556. The molecule has 0 bridgehead atoms.